The number of aromatic nitrogens is 1. The van der Waals surface area contributed by atoms with Crippen molar-refractivity contribution in [1.29, 1.82) is 0 Å². The third kappa shape index (κ3) is 3.78. The summed E-state index contributed by atoms with van der Waals surface area (Å²) in [5.74, 6) is 0.261. The Morgan fingerprint density at radius 1 is 1.25 bits per heavy atom. The molecule has 1 saturated carbocycles. The van der Waals surface area contributed by atoms with Gasteiger partial charge in [-0.05, 0) is 49.1 Å². The van der Waals surface area contributed by atoms with Crippen LogP contribution in [0.4, 0.5) is 10.1 Å². The van der Waals surface area contributed by atoms with Crippen molar-refractivity contribution in [2.24, 2.45) is 17.3 Å². The van der Waals surface area contributed by atoms with Crippen molar-refractivity contribution in [2.45, 2.75) is 46.5 Å². The van der Waals surface area contributed by atoms with Crippen LogP contribution in [0.2, 0.25) is 0 Å². The Balaban J connectivity index is 1.87. The van der Waals surface area contributed by atoms with Crippen LogP contribution in [0.15, 0.2) is 18.3 Å². The van der Waals surface area contributed by atoms with E-state index >= 15 is 0 Å². The van der Waals surface area contributed by atoms with Gasteiger partial charge in [0, 0.05) is 5.92 Å². The van der Waals surface area contributed by atoms with Crippen molar-refractivity contribution in [2.75, 3.05) is 5.32 Å². The summed E-state index contributed by atoms with van der Waals surface area (Å²) in [4.78, 5) is 15.7. The SMILES string of the molecule is CC(C)(C)C1CCC(C(=O)Nc2ccc(F)nc2)CC1. The van der Waals surface area contributed by atoms with Gasteiger partial charge in [0.15, 0.2) is 0 Å². The third-order valence-electron chi connectivity index (χ3n) is 4.32. The molecule has 2 rings (SSSR count). The van der Waals surface area contributed by atoms with Crippen LogP contribution in [0.3, 0.4) is 0 Å². The van der Waals surface area contributed by atoms with E-state index in [-0.39, 0.29) is 11.8 Å². The molecule has 0 unspecified atom stereocenters. The van der Waals surface area contributed by atoms with E-state index < -0.39 is 5.95 Å². The summed E-state index contributed by atoms with van der Waals surface area (Å²) in [7, 11) is 0. The average Bonchev–Trinajstić information content (AvgIpc) is 2.40. The van der Waals surface area contributed by atoms with Gasteiger partial charge < -0.3 is 5.32 Å². The highest BCUT2D eigenvalue weighted by atomic mass is 19.1. The smallest absolute Gasteiger partial charge is 0.227 e. The van der Waals surface area contributed by atoms with Gasteiger partial charge in [-0.25, -0.2) is 4.98 Å². The Bertz CT molecular complexity index is 456. The molecular formula is C16H23FN2O. The molecule has 1 aromatic heterocycles. The predicted octanol–water partition coefficient (Wildman–Crippen LogP) is 4.01. The largest absolute Gasteiger partial charge is 0.324 e. The van der Waals surface area contributed by atoms with Crippen molar-refractivity contribution in [1.82, 2.24) is 4.98 Å². The van der Waals surface area contributed by atoms with Gasteiger partial charge in [0.1, 0.15) is 0 Å². The normalized spacial score (nSPS) is 23.4. The quantitative estimate of drug-likeness (QED) is 0.830. The molecule has 0 spiro atoms. The summed E-state index contributed by atoms with van der Waals surface area (Å²) in [5.41, 5.74) is 0.886. The van der Waals surface area contributed by atoms with Gasteiger partial charge in [-0.1, -0.05) is 20.8 Å². The van der Waals surface area contributed by atoms with Crippen molar-refractivity contribution < 1.29 is 9.18 Å². The first-order valence-corrected chi connectivity index (χ1v) is 7.28. The molecule has 1 amide bonds. The lowest BCUT2D eigenvalue weighted by molar-refractivity contribution is -0.121. The minimum absolute atomic E-state index is 0.0331. The van der Waals surface area contributed by atoms with Gasteiger partial charge >= 0.3 is 0 Å². The molecule has 1 N–H and O–H groups in total. The number of halogens is 1. The third-order valence-corrected chi connectivity index (χ3v) is 4.32. The summed E-state index contributed by atoms with van der Waals surface area (Å²) in [5, 5.41) is 2.82. The van der Waals surface area contributed by atoms with Crippen LogP contribution in [0.25, 0.3) is 0 Å². The van der Waals surface area contributed by atoms with Gasteiger partial charge in [-0.2, -0.15) is 4.39 Å². The fourth-order valence-electron chi connectivity index (χ4n) is 2.92. The number of rotatable bonds is 2. The Morgan fingerprint density at radius 3 is 2.40 bits per heavy atom. The summed E-state index contributed by atoms with van der Waals surface area (Å²) in [6.45, 7) is 6.80. The Kier molecular flexibility index (Phi) is 4.41. The van der Waals surface area contributed by atoms with E-state index in [1.54, 1.807) is 6.07 Å². The van der Waals surface area contributed by atoms with E-state index in [2.05, 4.69) is 31.1 Å². The zero-order chi connectivity index (χ0) is 14.8. The van der Waals surface area contributed by atoms with E-state index in [0.717, 1.165) is 25.7 Å². The fraction of sp³-hybridized carbons (Fsp3) is 0.625. The van der Waals surface area contributed by atoms with Crippen LogP contribution in [0, 0.1) is 23.2 Å². The highest BCUT2D eigenvalue weighted by molar-refractivity contribution is 5.92. The van der Waals surface area contributed by atoms with E-state index in [1.807, 2.05) is 0 Å². The second-order valence-corrected chi connectivity index (χ2v) is 6.77. The van der Waals surface area contributed by atoms with Gasteiger partial charge in [0.25, 0.3) is 0 Å². The zero-order valence-electron chi connectivity index (χ0n) is 12.4. The number of carbonyl (C=O) groups is 1. The highest BCUT2D eigenvalue weighted by Gasteiger charge is 2.32. The number of hydrogen-bond acceptors (Lipinski definition) is 2. The topological polar surface area (TPSA) is 42.0 Å². The summed E-state index contributed by atoms with van der Waals surface area (Å²) >= 11 is 0. The van der Waals surface area contributed by atoms with E-state index in [1.165, 1.54) is 12.3 Å². The monoisotopic (exact) mass is 278 g/mol. The van der Waals surface area contributed by atoms with Crippen LogP contribution in [0.5, 0.6) is 0 Å². The molecule has 0 radical (unpaired) electrons. The van der Waals surface area contributed by atoms with Crippen LogP contribution in [-0.2, 0) is 4.79 Å². The lowest BCUT2D eigenvalue weighted by atomic mass is 9.69. The number of pyridine rings is 1. The molecule has 1 aromatic rings. The average molecular weight is 278 g/mol. The first-order chi connectivity index (χ1) is 9.36. The molecule has 0 aliphatic heterocycles. The van der Waals surface area contributed by atoms with Crippen LogP contribution >= 0.6 is 0 Å². The second kappa shape index (κ2) is 5.90. The first kappa shape index (κ1) is 14.9. The van der Waals surface area contributed by atoms with Gasteiger partial charge in [0.05, 0.1) is 11.9 Å². The molecule has 3 nitrogen and oxygen atoms in total. The van der Waals surface area contributed by atoms with Crippen LogP contribution < -0.4 is 5.32 Å². The fourth-order valence-corrected chi connectivity index (χ4v) is 2.92. The number of nitrogens with zero attached hydrogens (tertiary/aromatic N) is 1. The van der Waals surface area contributed by atoms with E-state index in [9.17, 15) is 9.18 Å². The molecule has 4 heteroatoms. The zero-order valence-corrected chi connectivity index (χ0v) is 12.4. The maximum Gasteiger partial charge on any atom is 0.227 e. The van der Waals surface area contributed by atoms with E-state index in [0.29, 0.717) is 17.0 Å². The van der Waals surface area contributed by atoms with E-state index in [4.69, 9.17) is 0 Å². The number of carbonyl (C=O) groups excluding carboxylic acids is 1. The number of amides is 1. The molecular weight excluding hydrogens is 255 g/mol. The van der Waals surface area contributed by atoms with Crippen LogP contribution in [0.1, 0.15) is 46.5 Å². The predicted molar refractivity (Wildman–Crippen MR) is 77.7 cm³/mol. The van der Waals surface area contributed by atoms with Gasteiger partial charge in [-0.15, -0.1) is 0 Å². The van der Waals surface area contributed by atoms with Crippen molar-refractivity contribution in [3.63, 3.8) is 0 Å². The van der Waals surface area contributed by atoms with Crippen molar-refractivity contribution >= 4 is 11.6 Å². The van der Waals surface area contributed by atoms with Crippen LogP contribution in [-0.4, -0.2) is 10.9 Å². The molecule has 110 valence electrons. The molecule has 0 saturated heterocycles. The van der Waals surface area contributed by atoms with Crippen molar-refractivity contribution in [3.05, 3.63) is 24.3 Å². The maximum atomic E-state index is 12.7. The molecule has 0 aromatic carbocycles. The van der Waals surface area contributed by atoms with Gasteiger partial charge in [-0.3, -0.25) is 4.79 Å². The molecule has 0 bridgehead atoms. The standard InChI is InChI=1S/C16H23FN2O/c1-16(2,3)12-6-4-11(5-7-12)15(20)19-13-8-9-14(17)18-10-13/h8-12H,4-7H2,1-3H3,(H,19,20). The number of nitrogens with one attached hydrogen (secondary N) is 1. The first-order valence-electron chi connectivity index (χ1n) is 7.28. The summed E-state index contributed by atoms with van der Waals surface area (Å²) in [6, 6.07) is 2.80. The Hall–Kier alpha value is -1.45. The molecule has 1 aliphatic rings. The Labute approximate surface area is 120 Å². The molecule has 0 atom stereocenters. The molecule has 1 aliphatic carbocycles. The minimum atomic E-state index is -0.534. The van der Waals surface area contributed by atoms with Crippen molar-refractivity contribution in [3.8, 4) is 0 Å². The Morgan fingerprint density at radius 2 is 1.90 bits per heavy atom. The molecule has 1 fully saturated rings. The lowest BCUT2D eigenvalue weighted by Crippen LogP contribution is -2.31. The highest BCUT2D eigenvalue weighted by Crippen LogP contribution is 2.40. The summed E-state index contributed by atoms with van der Waals surface area (Å²) in [6.07, 6.45) is 5.42. The van der Waals surface area contributed by atoms with Gasteiger partial charge in [0.2, 0.25) is 11.9 Å². The number of anilines is 1. The molecule has 20 heavy (non-hydrogen) atoms. The maximum absolute atomic E-state index is 12.7. The second-order valence-electron chi connectivity index (χ2n) is 6.77. The minimum Gasteiger partial charge on any atom is -0.324 e. The number of hydrogen-bond donors (Lipinski definition) is 1. The molecule has 1 heterocycles. The lowest BCUT2D eigenvalue weighted by Gasteiger charge is -2.36. The summed E-state index contributed by atoms with van der Waals surface area (Å²) < 4.78 is 12.7.